The first kappa shape index (κ1) is 18.9. The number of amides is 2. The van der Waals surface area contributed by atoms with Crippen LogP contribution < -0.4 is 15.8 Å². The summed E-state index contributed by atoms with van der Waals surface area (Å²) < 4.78 is 5.36. The molecule has 8 heteroatoms. The predicted octanol–water partition coefficient (Wildman–Crippen LogP) is 2.17. The van der Waals surface area contributed by atoms with E-state index in [9.17, 15) is 9.59 Å². The van der Waals surface area contributed by atoms with Crippen LogP contribution in [0.4, 0.5) is 5.13 Å². The number of hydrogen-bond acceptors (Lipinski definition) is 6. The SMILES string of the molecule is Cc1nc(N2CCOCC2)sc1C(=O)NNC(=O)C1CCCc2ccccc21. The van der Waals surface area contributed by atoms with Crippen LogP contribution in [0.15, 0.2) is 24.3 Å². The average Bonchev–Trinajstić information content (AvgIpc) is 3.14. The monoisotopic (exact) mass is 400 g/mol. The highest BCUT2D eigenvalue weighted by molar-refractivity contribution is 7.17. The minimum absolute atomic E-state index is 0.170. The molecule has 0 saturated carbocycles. The third kappa shape index (κ3) is 3.88. The van der Waals surface area contributed by atoms with Crippen molar-refractivity contribution in [2.45, 2.75) is 32.1 Å². The van der Waals surface area contributed by atoms with Gasteiger partial charge < -0.3 is 9.64 Å². The van der Waals surface area contributed by atoms with Crippen molar-refractivity contribution in [1.82, 2.24) is 15.8 Å². The standard InChI is InChI=1S/C20H24N4O3S/c1-13-17(28-20(21-13)24-9-11-27-12-10-24)19(26)23-22-18(25)16-8-4-6-14-5-2-3-7-15(14)16/h2-3,5,7,16H,4,6,8-12H2,1H3,(H,22,25)(H,23,26). The Bertz CT molecular complexity index is 876. The molecule has 1 atom stereocenters. The van der Waals surface area contributed by atoms with E-state index in [1.165, 1.54) is 16.9 Å². The van der Waals surface area contributed by atoms with Gasteiger partial charge in [-0.25, -0.2) is 4.98 Å². The van der Waals surface area contributed by atoms with Crippen LogP contribution in [0.25, 0.3) is 0 Å². The van der Waals surface area contributed by atoms with Gasteiger partial charge in [0.1, 0.15) is 4.88 Å². The number of aromatic nitrogens is 1. The van der Waals surface area contributed by atoms with Crippen LogP contribution in [0.2, 0.25) is 0 Å². The number of benzene rings is 1. The first-order valence-electron chi connectivity index (χ1n) is 9.61. The molecule has 4 rings (SSSR count). The molecule has 7 nitrogen and oxygen atoms in total. The smallest absolute Gasteiger partial charge is 0.281 e. The number of aryl methyl sites for hydroxylation is 2. The lowest BCUT2D eigenvalue weighted by Gasteiger charge is -2.26. The molecule has 1 fully saturated rings. The number of ether oxygens (including phenoxy) is 1. The van der Waals surface area contributed by atoms with Gasteiger partial charge in [-0.1, -0.05) is 35.6 Å². The minimum Gasteiger partial charge on any atom is -0.378 e. The van der Waals surface area contributed by atoms with Crippen molar-refractivity contribution in [2.24, 2.45) is 0 Å². The largest absolute Gasteiger partial charge is 0.378 e. The summed E-state index contributed by atoms with van der Waals surface area (Å²) in [7, 11) is 0. The van der Waals surface area contributed by atoms with E-state index >= 15 is 0 Å². The maximum Gasteiger partial charge on any atom is 0.281 e. The Balaban J connectivity index is 1.40. The van der Waals surface area contributed by atoms with Gasteiger partial charge in [-0.2, -0.15) is 0 Å². The number of nitrogens with one attached hydrogen (secondary N) is 2. The highest BCUT2D eigenvalue weighted by Crippen LogP contribution is 2.31. The number of carbonyl (C=O) groups is 2. The van der Waals surface area contributed by atoms with Crippen molar-refractivity contribution in [1.29, 1.82) is 0 Å². The molecular formula is C20H24N4O3S. The lowest BCUT2D eigenvalue weighted by Crippen LogP contribution is -2.44. The molecule has 0 spiro atoms. The molecule has 0 radical (unpaired) electrons. The van der Waals surface area contributed by atoms with E-state index in [-0.39, 0.29) is 17.7 Å². The van der Waals surface area contributed by atoms with E-state index in [0.717, 1.165) is 43.0 Å². The lowest BCUT2D eigenvalue weighted by atomic mass is 9.82. The van der Waals surface area contributed by atoms with Crippen molar-refractivity contribution in [3.05, 3.63) is 46.0 Å². The molecule has 2 heterocycles. The summed E-state index contributed by atoms with van der Waals surface area (Å²) in [5.74, 6) is -0.722. The van der Waals surface area contributed by atoms with E-state index in [0.29, 0.717) is 23.8 Å². The number of anilines is 1. The third-order valence-electron chi connectivity index (χ3n) is 5.26. The van der Waals surface area contributed by atoms with E-state index in [2.05, 4.69) is 26.8 Å². The van der Waals surface area contributed by atoms with Crippen molar-refractivity contribution < 1.29 is 14.3 Å². The Morgan fingerprint density at radius 3 is 2.82 bits per heavy atom. The molecule has 1 aliphatic heterocycles. The fourth-order valence-electron chi connectivity index (χ4n) is 3.77. The Kier molecular flexibility index (Phi) is 5.59. The van der Waals surface area contributed by atoms with Gasteiger partial charge in [0.2, 0.25) is 5.91 Å². The molecule has 2 aliphatic rings. The van der Waals surface area contributed by atoms with Crippen molar-refractivity contribution >= 4 is 28.3 Å². The molecule has 148 valence electrons. The van der Waals surface area contributed by atoms with Crippen LogP contribution in [0.3, 0.4) is 0 Å². The Labute approximate surface area is 168 Å². The van der Waals surface area contributed by atoms with Crippen molar-refractivity contribution in [2.75, 3.05) is 31.2 Å². The number of rotatable bonds is 3. The van der Waals surface area contributed by atoms with E-state index in [4.69, 9.17) is 4.74 Å². The summed E-state index contributed by atoms with van der Waals surface area (Å²) in [5.41, 5.74) is 8.13. The second-order valence-electron chi connectivity index (χ2n) is 7.10. The summed E-state index contributed by atoms with van der Waals surface area (Å²) in [6, 6.07) is 8.03. The summed E-state index contributed by atoms with van der Waals surface area (Å²) in [4.78, 5) is 32.4. The Morgan fingerprint density at radius 1 is 1.21 bits per heavy atom. The van der Waals surface area contributed by atoms with Gasteiger partial charge in [-0.05, 0) is 37.3 Å². The van der Waals surface area contributed by atoms with Gasteiger partial charge in [0.15, 0.2) is 5.13 Å². The highest BCUT2D eigenvalue weighted by atomic mass is 32.1. The zero-order chi connectivity index (χ0) is 19.5. The number of morpholine rings is 1. The topological polar surface area (TPSA) is 83.6 Å². The van der Waals surface area contributed by atoms with Crippen LogP contribution in [-0.2, 0) is 16.0 Å². The van der Waals surface area contributed by atoms with Crippen LogP contribution >= 0.6 is 11.3 Å². The Hall–Kier alpha value is -2.45. The quantitative estimate of drug-likeness (QED) is 0.772. The molecule has 1 saturated heterocycles. The van der Waals surface area contributed by atoms with E-state index in [1.54, 1.807) is 0 Å². The number of hydrogen-bond donors (Lipinski definition) is 2. The molecule has 2 amide bonds. The highest BCUT2D eigenvalue weighted by Gasteiger charge is 2.27. The lowest BCUT2D eigenvalue weighted by molar-refractivity contribution is -0.123. The fourth-order valence-corrected chi connectivity index (χ4v) is 4.79. The number of thiazole rings is 1. The summed E-state index contributed by atoms with van der Waals surface area (Å²) in [6.07, 6.45) is 2.76. The summed E-state index contributed by atoms with van der Waals surface area (Å²) in [6.45, 7) is 4.68. The molecule has 1 aliphatic carbocycles. The van der Waals surface area contributed by atoms with Crippen LogP contribution in [-0.4, -0.2) is 43.1 Å². The van der Waals surface area contributed by atoms with E-state index < -0.39 is 0 Å². The number of hydrazine groups is 1. The number of carbonyl (C=O) groups excluding carboxylic acids is 2. The van der Waals surface area contributed by atoms with Crippen molar-refractivity contribution in [3.63, 3.8) is 0 Å². The summed E-state index contributed by atoms with van der Waals surface area (Å²) >= 11 is 1.35. The molecule has 1 unspecified atom stereocenters. The average molecular weight is 401 g/mol. The molecule has 2 N–H and O–H groups in total. The first-order valence-corrected chi connectivity index (χ1v) is 10.4. The second kappa shape index (κ2) is 8.28. The van der Waals surface area contributed by atoms with Gasteiger partial charge in [0.25, 0.3) is 5.91 Å². The second-order valence-corrected chi connectivity index (χ2v) is 8.07. The molecule has 2 aromatic rings. The number of nitrogens with zero attached hydrogens (tertiary/aromatic N) is 2. The fraction of sp³-hybridized carbons (Fsp3) is 0.450. The van der Waals surface area contributed by atoms with Crippen LogP contribution in [0.1, 0.15) is 45.3 Å². The normalized spacial score (nSPS) is 19.0. The Morgan fingerprint density at radius 2 is 2.00 bits per heavy atom. The van der Waals surface area contributed by atoms with Crippen LogP contribution in [0.5, 0.6) is 0 Å². The summed E-state index contributed by atoms with van der Waals surface area (Å²) in [5, 5.41) is 0.818. The van der Waals surface area contributed by atoms with Gasteiger partial charge in [0.05, 0.1) is 24.8 Å². The molecule has 1 aromatic heterocycles. The predicted molar refractivity (Wildman–Crippen MR) is 108 cm³/mol. The van der Waals surface area contributed by atoms with Gasteiger partial charge in [-0.15, -0.1) is 0 Å². The van der Waals surface area contributed by atoms with E-state index in [1.807, 2.05) is 25.1 Å². The molecule has 28 heavy (non-hydrogen) atoms. The minimum atomic E-state index is -0.327. The van der Waals surface area contributed by atoms with Gasteiger partial charge in [-0.3, -0.25) is 20.4 Å². The molecule has 1 aromatic carbocycles. The first-order chi connectivity index (χ1) is 13.6. The maximum absolute atomic E-state index is 12.7. The number of fused-ring (bicyclic) bond motifs is 1. The maximum atomic E-state index is 12.7. The molecule has 0 bridgehead atoms. The van der Waals surface area contributed by atoms with Crippen LogP contribution in [0, 0.1) is 6.92 Å². The third-order valence-corrected chi connectivity index (χ3v) is 6.48. The zero-order valence-corrected chi connectivity index (χ0v) is 16.7. The zero-order valence-electron chi connectivity index (χ0n) is 15.9. The van der Waals surface area contributed by atoms with Gasteiger partial charge >= 0.3 is 0 Å². The van der Waals surface area contributed by atoms with Gasteiger partial charge in [0, 0.05) is 13.1 Å². The molecular weight excluding hydrogens is 376 g/mol. The van der Waals surface area contributed by atoms with Crippen molar-refractivity contribution in [3.8, 4) is 0 Å².